The van der Waals surface area contributed by atoms with E-state index in [4.69, 9.17) is 16.8 Å². The first-order valence-corrected chi connectivity index (χ1v) is 10.2. The maximum absolute atomic E-state index is 10.9. The molecule has 3 aromatic rings. The highest BCUT2D eigenvalue weighted by atomic mass is 32.9. The summed E-state index contributed by atoms with van der Waals surface area (Å²) in [4.78, 5) is 5.49. The standard InChI is InChI=1S/C15H11NO2S4/c17-22(18)9-10-4-6-11(7-5-10)14-13(15(19)21-20-14)12-3-1-2-8-16-12/h1-8H,9H2,(H,17,18). The van der Waals surface area contributed by atoms with Crippen molar-refractivity contribution in [3.05, 3.63) is 58.0 Å². The number of pyridine rings is 1. The van der Waals surface area contributed by atoms with Gasteiger partial charge in [-0.15, -0.1) is 0 Å². The maximum atomic E-state index is 10.9. The van der Waals surface area contributed by atoms with Gasteiger partial charge in [0.2, 0.25) is 0 Å². The van der Waals surface area contributed by atoms with Crippen molar-refractivity contribution in [3.63, 3.8) is 0 Å². The maximum Gasteiger partial charge on any atom is 0.157 e. The predicted molar refractivity (Wildman–Crippen MR) is 96.2 cm³/mol. The zero-order valence-corrected chi connectivity index (χ0v) is 14.5. The van der Waals surface area contributed by atoms with Gasteiger partial charge in [0.25, 0.3) is 0 Å². The van der Waals surface area contributed by atoms with Crippen LogP contribution in [0.4, 0.5) is 0 Å². The van der Waals surface area contributed by atoms with Crippen LogP contribution in [-0.4, -0.2) is 13.7 Å². The first-order valence-electron chi connectivity index (χ1n) is 6.36. The van der Waals surface area contributed by atoms with E-state index in [9.17, 15) is 4.21 Å². The van der Waals surface area contributed by atoms with Crippen molar-refractivity contribution in [3.8, 4) is 21.7 Å². The minimum absolute atomic E-state index is 0.146. The monoisotopic (exact) mass is 365 g/mol. The van der Waals surface area contributed by atoms with Crippen molar-refractivity contribution < 1.29 is 8.76 Å². The lowest BCUT2D eigenvalue weighted by molar-refractivity contribution is 0.563. The van der Waals surface area contributed by atoms with E-state index < -0.39 is 11.1 Å². The second-order valence-corrected chi connectivity index (χ2v) is 8.28. The molecule has 0 radical (unpaired) electrons. The lowest BCUT2D eigenvalue weighted by Gasteiger charge is -2.04. The van der Waals surface area contributed by atoms with Crippen LogP contribution in [0.3, 0.4) is 0 Å². The summed E-state index contributed by atoms with van der Waals surface area (Å²) in [6.45, 7) is 0. The van der Waals surface area contributed by atoms with Crippen LogP contribution in [0.2, 0.25) is 0 Å². The predicted octanol–water partition coefficient (Wildman–Crippen LogP) is 4.99. The van der Waals surface area contributed by atoms with Gasteiger partial charge in [-0.25, -0.2) is 4.21 Å². The van der Waals surface area contributed by atoms with Gasteiger partial charge in [0.1, 0.15) is 3.82 Å². The summed E-state index contributed by atoms with van der Waals surface area (Å²) in [6, 6.07) is 13.5. The van der Waals surface area contributed by atoms with Gasteiger partial charge < -0.3 is 4.55 Å². The van der Waals surface area contributed by atoms with Gasteiger partial charge in [0.05, 0.1) is 16.3 Å². The Labute approximate surface area is 143 Å². The van der Waals surface area contributed by atoms with Crippen molar-refractivity contribution in [1.29, 1.82) is 0 Å². The molecule has 2 heterocycles. The Morgan fingerprint density at radius 1 is 1.14 bits per heavy atom. The van der Waals surface area contributed by atoms with Crippen LogP contribution < -0.4 is 0 Å². The van der Waals surface area contributed by atoms with Gasteiger partial charge in [0.15, 0.2) is 11.1 Å². The van der Waals surface area contributed by atoms with Crippen molar-refractivity contribution >= 4 is 44.0 Å². The van der Waals surface area contributed by atoms with Crippen LogP contribution in [0.5, 0.6) is 0 Å². The summed E-state index contributed by atoms with van der Waals surface area (Å²) in [5, 5.41) is 0. The van der Waals surface area contributed by atoms with E-state index in [0.29, 0.717) is 0 Å². The molecule has 1 unspecified atom stereocenters. The smallest absolute Gasteiger partial charge is 0.157 e. The van der Waals surface area contributed by atoms with Crippen molar-refractivity contribution in [2.45, 2.75) is 5.75 Å². The van der Waals surface area contributed by atoms with Crippen molar-refractivity contribution in [1.82, 2.24) is 4.98 Å². The largest absolute Gasteiger partial charge is 0.306 e. The fourth-order valence-electron chi connectivity index (χ4n) is 2.07. The number of benzene rings is 1. The van der Waals surface area contributed by atoms with Crippen LogP contribution in [0.25, 0.3) is 21.7 Å². The topological polar surface area (TPSA) is 50.2 Å². The molecule has 0 fully saturated rings. The molecule has 0 spiro atoms. The number of hydrogen-bond donors (Lipinski definition) is 1. The molecule has 0 aliphatic rings. The molecule has 112 valence electrons. The van der Waals surface area contributed by atoms with Gasteiger partial charge in [-0.05, 0) is 23.3 Å². The minimum Gasteiger partial charge on any atom is -0.306 e. The zero-order valence-electron chi connectivity index (χ0n) is 11.3. The van der Waals surface area contributed by atoms with Crippen LogP contribution in [0.1, 0.15) is 5.56 Å². The normalized spacial score (nSPS) is 12.2. The number of hydrogen-bond acceptors (Lipinski definition) is 5. The molecule has 7 heteroatoms. The van der Waals surface area contributed by atoms with Gasteiger partial charge in [-0.2, -0.15) is 0 Å². The molecule has 22 heavy (non-hydrogen) atoms. The van der Waals surface area contributed by atoms with Gasteiger partial charge in [0, 0.05) is 11.8 Å². The number of rotatable bonds is 4. The van der Waals surface area contributed by atoms with E-state index in [1.54, 1.807) is 26.9 Å². The average molecular weight is 366 g/mol. The third kappa shape index (κ3) is 3.39. The highest BCUT2D eigenvalue weighted by Crippen LogP contribution is 2.40. The van der Waals surface area contributed by atoms with E-state index in [-0.39, 0.29) is 5.75 Å². The Balaban J connectivity index is 2.03. The van der Waals surface area contributed by atoms with E-state index in [2.05, 4.69) is 4.98 Å². The summed E-state index contributed by atoms with van der Waals surface area (Å²) in [5.41, 5.74) is 3.75. The van der Waals surface area contributed by atoms with E-state index in [1.165, 1.54) is 0 Å². The molecule has 0 aliphatic carbocycles. The second kappa shape index (κ2) is 6.89. The summed E-state index contributed by atoms with van der Waals surface area (Å²) in [6.07, 6.45) is 1.76. The van der Waals surface area contributed by atoms with E-state index in [1.807, 2.05) is 42.5 Å². The molecule has 0 amide bonds. The molecule has 3 nitrogen and oxygen atoms in total. The Morgan fingerprint density at radius 3 is 2.55 bits per heavy atom. The Kier molecular flexibility index (Phi) is 4.90. The van der Waals surface area contributed by atoms with Crippen LogP contribution in [-0.2, 0) is 16.8 Å². The molecular weight excluding hydrogens is 354 g/mol. The second-order valence-electron chi connectivity index (χ2n) is 4.54. The Morgan fingerprint density at radius 2 is 1.91 bits per heavy atom. The molecule has 0 bridgehead atoms. The lowest BCUT2D eigenvalue weighted by Crippen LogP contribution is -1.92. The molecule has 2 aromatic heterocycles. The quantitative estimate of drug-likeness (QED) is 0.402. The SMILES string of the molecule is O=S(O)Cc1ccc(-c2ssc(=S)c2-c2ccccn2)cc1. The third-order valence-electron chi connectivity index (χ3n) is 3.06. The first kappa shape index (κ1) is 15.6. The van der Waals surface area contributed by atoms with Crippen LogP contribution in [0.15, 0.2) is 48.7 Å². The fraction of sp³-hybridized carbons (Fsp3) is 0.0667. The summed E-state index contributed by atoms with van der Waals surface area (Å²) >= 11 is 3.63. The van der Waals surface area contributed by atoms with E-state index >= 15 is 0 Å². The van der Waals surface area contributed by atoms with Gasteiger partial charge in [-0.1, -0.05) is 63.2 Å². The van der Waals surface area contributed by atoms with E-state index in [0.717, 1.165) is 31.1 Å². The van der Waals surface area contributed by atoms with Gasteiger partial charge >= 0.3 is 0 Å². The Hall–Kier alpha value is -1.25. The summed E-state index contributed by atoms with van der Waals surface area (Å²) < 4.78 is 20.6. The fourth-order valence-corrected chi connectivity index (χ4v) is 5.43. The van der Waals surface area contributed by atoms with Crippen LogP contribution >= 0.6 is 32.9 Å². The molecule has 3 rings (SSSR count). The highest BCUT2D eigenvalue weighted by Gasteiger charge is 2.13. The van der Waals surface area contributed by atoms with Crippen LogP contribution in [0, 0.1) is 3.82 Å². The minimum atomic E-state index is -1.82. The Bertz CT molecular complexity index is 853. The summed E-state index contributed by atoms with van der Waals surface area (Å²) in [5.74, 6) is 0.146. The number of aromatic nitrogens is 1. The molecule has 1 atom stereocenters. The van der Waals surface area contributed by atoms with Crippen molar-refractivity contribution in [2.24, 2.45) is 0 Å². The van der Waals surface area contributed by atoms with Crippen molar-refractivity contribution in [2.75, 3.05) is 0 Å². The molecule has 0 saturated carbocycles. The molecular formula is C15H11NO2S4. The molecule has 0 saturated heterocycles. The molecule has 1 N–H and O–H groups in total. The zero-order chi connectivity index (χ0) is 15.5. The summed E-state index contributed by atoms with van der Waals surface area (Å²) in [7, 11) is 3.20. The molecule has 0 aliphatic heterocycles. The highest BCUT2D eigenvalue weighted by molar-refractivity contribution is 7.80. The van der Waals surface area contributed by atoms with Gasteiger partial charge in [-0.3, -0.25) is 4.98 Å². The first-order chi connectivity index (χ1) is 10.6. The average Bonchev–Trinajstić information content (AvgIpc) is 2.90. The third-order valence-corrected chi connectivity index (χ3v) is 6.71. The lowest BCUT2D eigenvalue weighted by atomic mass is 10.1. The molecule has 1 aromatic carbocycles. The number of nitrogens with zero attached hydrogens (tertiary/aromatic N) is 1.